The van der Waals surface area contributed by atoms with Crippen molar-refractivity contribution in [1.82, 2.24) is 0 Å². The number of rotatable bonds is 3. The van der Waals surface area contributed by atoms with Gasteiger partial charge in [0.1, 0.15) is 11.3 Å². The molecule has 0 aliphatic heterocycles. The highest BCUT2D eigenvalue weighted by Gasteiger charge is 2.07. The van der Waals surface area contributed by atoms with Crippen LogP contribution in [-0.2, 0) is 4.79 Å². The molecule has 0 radical (unpaired) electrons. The van der Waals surface area contributed by atoms with Gasteiger partial charge in [-0.05, 0) is 42.8 Å². The van der Waals surface area contributed by atoms with Gasteiger partial charge in [0, 0.05) is 39.2 Å². The topological polar surface area (TPSA) is 56.5 Å². The van der Waals surface area contributed by atoms with Crippen LogP contribution in [0.25, 0.3) is 17.0 Å². The molecule has 0 amide bonds. The number of halogens is 2. The molecule has 25 heavy (non-hydrogen) atoms. The van der Waals surface area contributed by atoms with Crippen molar-refractivity contribution in [2.75, 3.05) is 0 Å². The van der Waals surface area contributed by atoms with Gasteiger partial charge >= 0.3 is 11.6 Å². The summed E-state index contributed by atoms with van der Waals surface area (Å²) in [5.41, 5.74) is 1.22. The van der Waals surface area contributed by atoms with Crippen molar-refractivity contribution in [2.45, 2.75) is 6.92 Å². The SMILES string of the molecule is Cc1cc(=O)oc2cc(OC(=O)C=Cc3c(Cl)cccc3Cl)ccc12. The van der Waals surface area contributed by atoms with Crippen molar-refractivity contribution in [1.29, 1.82) is 0 Å². The molecule has 0 spiro atoms. The average Bonchev–Trinajstić information content (AvgIpc) is 2.53. The van der Waals surface area contributed by atoms with E-state index in [-0.39, 0.29) is 5.75 Å². The van der Waals surface area contributed by atoms with Gasteiger partial charge in [-0.1, -0.05) is 29.3 Å². The van der Waals surface area contributed by atoms with Crippen molar-refractivity contribution in [2.24, 2.45) is 0 Å². The highest BCUT2D eigenvalue weighted by molar-refractivity contribution is 6.37. The minimum Gasteiger partial charge on any atom is -0.423 e. The van der Waals surface area contributed by atoms with E-state index in [9.17, 15) is 9.59 Å². The lowest BCUT2D eigenvalue weighted by Crippen LogP contribution is -2.04. The lowest BCUT2D eigenvalue weighted by molar-refractivity contribution is -0.128. The fourth-order valence-electron chi connectivity index (χ4n) is 2.34. The number of carbonyl (C=O) groups excluding carboxylic acids is 1. The number of aryl methyl sites for hydroxylation is 1. The average molecular weight is 375 g/mol. The minimum atomic E-state index is -0.606. The first-order valence-corrected chi connectivity index (χ1v) is 8.08. The van der Waals surface area contributed by atoms with E-state index in [0.29, 0.717) is 21.2 Å². The van der Waals surface area contributed by atoms with E-state index in [1.165, 1.54) is 24.3 Å². The summed E-state index contributed by atoms with van der Waals surface area (Å²) in [6, 6.07) is 11.3. The molecule has 4 nitrogen and oxygen atoms in total. The summed E-state index contributed by atoms with van der Waals surface area (Å²) in [6.07, 6.45) is 2.71. The van der Waals surface area contributed by atoms with Gasteiger partial charge in [0.05, 0.1) is 0 Å². The first kappa shape index (κ1) is 17.3. The zero-order valence-electron chi connectivity index (χ0n) is 13.1. The Morgan fingerprint density at radius 2 is 1.84 bits per heavy atom. The molecule has 0 unspecified atom stereocenters. The Balaban J connectivity index is 1.82. The lowest BCUT2D eigenvalue weighted by Gasteiger charge is -2.05. The molecule has 0 saturated heterocycles. The van der Waals surface area contributed by atoms with E-state index >= 15 is 0 Å². The van der Waals surface area contributed by atoms with Crippen LogP contribution in [0.5, 0.6) is 5.75 Å². The Labute approximate surface area is 153 Å². The largest absolute Gasteiger partial charge is 0.423 e. The summed E-state index contributed by atoms with van der Waals surface area (Å²) in [6.45, 7) is 1.81. The summed E-state index contributed by atoms with van der Waals surface area (Å²) < 4.78 is 10.4. The third-order valence-corrected chi connectivity index (χ3v) is 4.19. The Morgan fingerprint density at radius 3 is 2.56 bits per heavy atom. The molecule has 1 aromatic heterocycles. The van der Waals surface area contributed by atoms with Gasteiger partial charge in [-0.2, -0.15) is 0 Å². The molecule has 6 heteroatoms. The van der Waals surface area contributed by atoms with Crippen molar-refractivity contribution >= 4 is 46.2 Å². The number of carbonyl (C=O) groups is 1. The molecule has 0 N–H and O–H groups in total. The van der Waals surface area contributed by atoms with Crippen LogP contribution in [0.4, 0.5) is 0 Å². The molecule has 1 heterocycles. The van der Waals surface area contributed by atoms with Crippen LogP contribution in [0.3, 0.4) is 0 Å². The summed E-state index contributed by atoms with van der Waals surface area (Å²) in [5, 5.41) is 1.64. The number of benzene rings is 2. The molecule has 0 aliphatic carbocycles. The molecule has 0 saturated carbocycles. The van der Waals surface area contributed by atoms with Gasteiger partial charge < -0.3 is 9.15 Å². The standard InChI is InChI=1S/C19H12Cl2O4/c1-11-9-19(23)25-17-10-12(5-6-13(11)17)24-18(22)8-7-14-15(20)3-2-4-16(14)21/h2-10H,1H3. The van der Waals surface area contributed by atoms with E-state index in [2.05, 4.69) is 0 Å². The predicted molar refractivity (Wildman–Crippen MR) is 98.4 cm³/mol. The van der Waals surface area contributed by atoms with Gasteiger partial charge in [-0.15, -0.1) is 0 Å². The van der Waals surface area contributed by atoms with Gasteiger partial charge in [0.25, 0.3) is 0 Å². The van der Waals surface area contributed by atoms with Crippen molar-refractivity contribution < 1.29 is 13.9 Å². The van der Waals surface area contributed by atoms with Crippen LogP contribution in [0.2, 0.25) is 10.0 Å². The zero-order valence-corrected chi connectivity index (χ0v) is 14.6. The van der Waals surface area contributed by atoms with Crippen LogP contribution in [0.1, 0.15) is 11.1 Å². The Hall–Kier alpha value is -2.56. The van der Waals surface area contributed by atoms with Crippen LogP contribution in [0.15, 0.2) is 57.8 Å². The van der Waals surface area contributed by atoms with E-state index < -0.39 is 11.6 Å². The van der Waals surface area contributed by atoms with E-state index in [0.717, 1.165) is 10.9 Å². The van der Waals surface area contributed by atoms with E-state index in [1.807, 2.05) is 0 Å². The Morgan fingerprint density at radius 1 is 1.12 bits per heavy atom. The molecule has 0 aliphatic rings. The third kappa shape index (κ3) is 3.92. The second kappa shape index (κ2) is 7.13. The van der Waals surface area contributed by atoms with Gasteiger partial charge in [-0.25, -0.2) is 9.59 Å². The highest BCUT2D eigenvalue weighted by atomic mass is 35.5. The molecule has 3 rings (SSSR count). The molecule has 2 aromatic carbocycles. The number of esters is 1. The van der Waals surface area contributed by atoms with Gasteiger partial charge in [0.15, 0.2) is 0 Å². The second-order valence-corrected chi connectivity index (χ2v) is 6.11. The fourth-order valence-corrected chi connectivity index (χ4v) is 2.86. The predicted octanol–water partition coefficient (Wildman–Crippen LogP) is 5.03. The molecule has 0 fully saturated rings. The lowest BCUT2D eigenvalue weighted by atomic mass is 10.1. The summed E-state index contributed by atoms with van der Waals surface area (Å²) >= 11 is 12.1. The van der Waals surface area contributed by atoms with E-state index in [4.69, 9.17) is 32.4 Å². The molecule has 0 atom stereocenters. The maximum Gasteiger partial charge on any atom is 0.336 e. The quantitative estimate of drug-likeness (QED) is 0.279. The summed E-state index contributed by atoms with van der Waals surface area (Å²) in [4.78, 5) is 23.4. The Bertz CT molecular complexity index is 1030. The summed E-state index contributed by atoms with van der Waals surface area (Å²) in [7, 11) is 0. The number of fused-ring (bicyclic) bond motifs is 1. The van der Waals surface area contributed by atoms with Gasteiger partial charge in [0.2, 0.25) is 0 Å². The van der Waals surface area contributed by atoms with Crippen LogP contribution in [0, 0.1) is 6.92 Å². The number of ether oxygens (including phenoxy) is 1. The van der Waals surface area contributed by atoms with Crippen molar-refractivity contribution in [3.8, 4) is 5.75 Å². The van der Waals surface area contributed by atoms with E-state index in [1.54, 1.807) is 37.3 Å². The molecule has 126 valence electrons. The second-order valence-electron chi connectivity index (χ2n) is 5.30. The molecule has 0 bridgehead atoms. The van der Waals surface area contributed by atoms with Crippen LogP contribution < -0.4 is 10.4 Å². The fraction of sp³-hybridized carbons (Fsp3) is 0.0526. The maximum atomic E-state index is 12.0. The third-order valence-electron chi connectivity index (χ3n) is 3.53. The molecular weight excluding hydrogens is 363 g/mol. The minimum absolute atomic E-state index is 0.265. The smallest absolute Gasteiger partial charge is 0.336 e. The maximum absolute atomic E-state index is 12.0. The van der Waals surface area contributed by atoms with Gasteiger partial charge in [-0.3, -0.25) is 0 Å². The van der Waals surface area contributed by atoms with Crippen LogP contribution in [-0.4, -0.2) is 5.97 Å². The first-order valence-electron chi connectivity index (χ1n) is 7.32. The molecular formula is C19H12Cl2O4. The Kier molecular flexibility index (Phi) is 4.93. The number of hydrogen-bond donors (Lipinski definition) is 0. The highest BCUT2D eigenvalue weighted by Crippen LogP contribution is 2.26. The normalized spacial score (nSPS) is 11.2. The first-order chi connectivity index (χ1) is 11.9. The monoisotopic (exact) mass is 374 g/mol. The summed E-state index contributed by atoms with van der Waals surface area (Å²) in [5.74, 6) is -0.341. The molecule has 3 aromatic rings. The zero-order chi connectivity index (χ0) is 18.0. The number of hydrogen-bond acceptors (Lipinski definition) is 4. The van der Waals surface area contributed by atoms with Crippen LogP contribution >= 0.6 is 23.2 Å². The van der Waals surface area contributed by atoms with Crippen molar-refractivity contribution in [3.05, 3.63) is 80.1 Å². The van der Waals surface area contributed by atoms with Crippen molar-refractivity contribution in [3.63, 3.8) is 0 Å².